The number of ether oxygens (including phenoxy) is 1. The van der Waals surface area contributed by atoms with Crippen LogP contribution in [0.15, 0.2) is 12.1 Å². The monoisotopic (exact) mass is 324 g/mol. The first kappa shape index (κ1) is 14.6. The zero-order valence-corrected chi connectivity index (χ0v) is 13.4. The summed E-state index contributed by atoms with van der Waals surface area (Å²) in [7, 11) is 1.60. The molecule has 1 aliphatic rings. The number of nitrogens with zero attached hydrogens (tertiary/aromatic N) is 1. The maximum atomic E-state index is 12.3. The lowest BCUT2D eigenvalue weighted by Gasteiger charge is -2.19. The topological polar surface area (TPSA) is 51.2 Å². The Morgan fingerprint density at radius 3 is 2.86 bits per heavy atom. The number of carbonyl (C=O) groups excluding carboxylic acids is 1. The summed E-state index contributed by atoms with van der Waals surface area (Å²) in [6.45, 7) is 0. The van der Waals surface area contributed by atoms with Crippen LogP contribution in [0.4, 0.5) is 5.13 Å². The van der Waals surface area contributed by atoms with Gasteiger partial charge < -0.3 is 10.1 Å². The number of rotatable bonds is 3. The van der Waals surface area contributed by atoms with E-state index in [2.05, 4.69) is 10.3 Å². The number of anilines is 1. The maximum Gasteiger partial charge on any atom is 0.229 e. The van der Waals surface area contributed by atoms with Gasteiger partial charge in [0.15, 0.2) is 5.13 Å². The molecule has 1 heterocycles. The number of methoxy groups -OCH3 is 1. The second-order valence-corrected chi connectivity index (χ2v) is 6.68. The Balaban J connectivity index is 1.84. The molecule has 0 radical (unpaired) electrons. The molecule has 1 aliphatic carbocycles. The molecule has 1 aromatic carbocycles. The molecule has 4 nitrogen and oxygen atoms in total. The molecule has 0 aliphatic heterocycles. The largest absolute Gasteiger partial charge is 0.494 e. The van der Waals surface area contributed by atoms with E-state index in [0.29, 0.717) is 21.4 Å². The maximum absolute atomic E-state index is 12.3. The number of thiazole rings is 1. The number of carbonyl (C=O) groups is 1. The minimum Gasteiger partial charge on any atom is -0.494 e. The number of amides is 1. The van der Waals surface area contributed by atoms with Gasteiger partial charge in [0, 0.05) is 5.92 Å². The van der Waals surface area contributed by atoms with E-state index in [9.17, 15) is 4.79 Å². The second-order valence-electron chi connectivity index (χ2n) is 5.27. The molecule has 1 saturated carbocycles. The fraction of sp³-hybridized carbons (Fsp3) is 0.467. The van der Waals surface area contributed by atoms with Crippen molar-refractivity contribution in [3.8, 4) is 5.75 Å². The van der Waals surface area contributed by atoms with E-state index in [1.807, 2.05) is 0 Å². The lowest BCUT2D eigenvalue weighted by Crippen LogP contribution is -2.24. The highest BCUT2D eigenvalue weighted by atomic mass is 35.5. The highest BCUT2D eigenvalue weighted by molar-refractivity contribution is 7.23. The van der Waals surface area contributed by atoms with Gasteiger partial charge in [-0.05, 0) is 25.0 Å². The molecule has 0 atom stereocenters. The number of fused-ring (bicyclic) bond motifs is 1. The molecular formula is C15H17ClN2O2S. The predicted molar refractivity (Wildman–Crippen MR) is 86.4 cm³/mol. The third-order valence-electron chi connectivity index (χ3n) is 3.88. The van der Waals surface area contributed by atoms with Gasteiger partial charge in [0.25, 0.3) is 0 Å². The summed E-state index contributed by atoms with van der Waals surface area (Å²) in [6, 6.07) is 3.57. The van der Waals surface area contributed by atoms with Crippen molar-refractivity contribution in [2.75, 3.05) is 12.4 Å². The van der Waals surface area contributed by atoms with Crippen molar-refractivity contribution in [3.05, 3.63) is 17.2 Å². The molecule has 112 valence electrons. The molecule has 1 N–H and O–H groups in total. The first-order chi connectivity index (χ1) is 10.2. The Kier molecular flexibility index (Phi) is 4.31. The van der Waals surface area contributed by atoms with Crippen LogP contribution in [0.1, 0.15) is 32.1 Å². The first-order valence-electron chi connectivity index (χ1n) is 7.13. The zero-order valence-electron chi connectivity index (χ0n) is 11.8. The summed E-state index contributed by atoms with van der Waals surface area (Å²) in [6.07, 6.45) is 5.45. The van der Waals surface area contributed by atoms with E-state index >= 15 is 0 Å². The molecule has 6 heteroatoms. The van der Waals surface area contributed by atoms with Crippen LogP contribution in [0.25, 0.3) is 10.2 Å². The predicted octanol–water partition coefficient (Wildman–Crippen LogP) is 4.48. The lowest BCUT2D eigenvalue weighted by atomic mass is 9.89. The summed E-state index contributed by atoms with van der Waals surface area (Å²) in [4.78, 5) is 16.7. The van der Waals surface area contributed by atoms with Crippen molar-refractivity contribution >= 4 is 44.2 Å². The average Bonchev–Trinajstić information content (AvgIpc) is 2.93. The second kappa shape index (κ2) is 6.20. The molecule has 1 amide bonds. The molecule has 0 bridgehead atoms. The number of hydrogen-bond donors (Lipinski definition) is 1. The van der Waals surface area contributed by atoms with Crippen molar-refractivity contribution in [1.82, 2.24) is 4.98 Å². The fourth-order valence-corrected chi connectivity index (χ4v) is 3.90. The van der Waals surface area contributed by atoms with E-state index < -0.39 is 0 Å². The van der Waals surface area contributed by atoms with Crippen LogP contribution in [-0.4, -0.2) is 18.0 Å². The Morgan fingerprint density at radius 2 is 2.14 bits per heavy atom. The fourth-order valence-electron chi connectivity index (χ4n) is 2.74. The van der Waals surface area contributed by atoms with Gasteiger partial charge in [-0.15, -0.1) is 0 Å². The standard InChI is InChI=1S/C15H17ClN2O2S/c1-20-11-8-7-10(16)13-12(11)17-15(21-13)18-14(19)9-5-3-2-4-6-9/h7-9H,2-6H2,1H3,(H,17,18,19). The van der Waals surface area contributed by atoms with Gasteiger partial charge in [0.05, 0.1) is 16.8 Å². The molecular weight excluding hydrogens is 308 g/mol. The minimum atomic E-state index is 0.0730. The highest BCUT2D eigenvalue weighted by Gasteiger charge is 2.22. The molecule has 1 fully saturated rings. The number of nitrogens with one attached hydrogen (secondary N) is 1. The van der Waals surface area contributed by atoms with Crippen LogP contribution in [0.2, 0.25) is 5.02 Å². The highest BCUT2D eigenvalue weighted by Crippen LogP contribution is 2.37. The van der Waals surface area contributed by atoms with Gasteiger partial charge in [0.2, 0.25) is 5.91 Å². The Labute approximate surface area is 132 Å². The smallest absolute Gasteiger partial charge is 0.229 e. The van der Waals surface area contributed by atoms with Gasteiger partial charge >= 0.3 is 0 Å². The number of halogens is 1. The SMILES string of the molecule is COc1ccc(Cl)c2sc(NC(=O)C3CCCCC3)nc12. The van der Waals surface area contributed by atoms with Crippen molar-refractivity contribution in [1.29, 1.82) is 0 Å². The summed E-state index contributed by atoms with van der Waals surface area (Å²) in [5.74, 6) is 0.857. The van der Waals surface area contributed by atoms with Crippen LogP contribution >= 0.6 is 22.9 Å². The van der Waals surface area contributed by atoms with Gasteiger partial charge in [-0.2, -0.15) is 0 Å². The number of benzene rings is 1. The van der Waals surface area contributed by atoms with Crippen molar-refractivity contribution in [3.63, 3.8) is 0 Å². The van der Waals surface area contributed by atoms with Crippen LogP contribution in [0.3, 0.4) is 0 Å². The third-order valence-corrected chi connectivity index (χ3v) is 5.32. The zero-order chi connectivity index (χ0) is 14.8. The summed E-state index contributed by atoms with van der Waals surface area (Å²) in [5, 5.41) is 4.15. The number of aromatic nitrogens is 1. The summed E-state index contributed by atoms with van der Waals surface area (Å²) in [5.41, 5.74) is 0.703. The van der Waals surface area contributed by atoms with Gasteiger partial charge in [-0.3, -0.25) is 4.79 Å². The summed E-state index contributed by atoms with van der Waals surface area (Å²) >= 11 is 7.58. The average molecular weight is 325 g/mol. The van der Waals surface area contributed by atoms with E-state index in [1.165, 1.54) is 17.8 Å². The van der Waals surface area contributed by atoms with Gasteiger partial charge in [0.1, 0.15) is 11.3 Å². The Morgan fingerprint density at radius 1 is 1.38 bits per heavy atom. The molecule has 0 saturated heterocycles. The van der Waals surface area contributed by atoms with Gasteiger partial charge in [-0.25, -0.2) is 4.98 Å². The van der Waals surface area contributed by atoms with Gasteiger partial charge in [-0.1, -0.05) is 42.2 Å². The van der Waals surface area contributed by atoms with E-state index in [-0.39, 0.29) is 11.8 Å². The normalized spacial score (nSPS) is 16.1. The van der Waals surface area contributed by atoms with E-state index in [0.717, 1.165) is 30.4 Å². The minimum absolute atomic E-state index is 0.0730. The molecule has 2 aromatic rings. The summed E-state index contributed by atoms with van der Waals surface area (Å²) < 4.78 is 6.13. The molecule has 21 heavy (non-hydrogen) atoms. The van der Waals surface area contributed by atoms with Crippen LogP contribution in [0.5, 0.6) is 5.75 Å². The molecule has 3 rings (SSSR count). The van der Waals surface area contributed by atoms with E-state index in [1.54, 1.807) is 19.2 Å². The Bertz CT molecular complexity index is 665. The molecule has 0 unspecified atom stereocenters. The van der Waals surface area contributed by atoms with Crippen LogP contribution in [0, 0.1) is 5.92 Å². The quantitative estimate of drug-likeness (QED) is 0.905. The van der Waals surface area contributed by atoms with Crippen molar-refractivity contribution in [2.45, 2.75) is 32.1 Å². The van der Waals surface area contributed by atoms with Crippen molar-refractivity contribution in [2.24, 2.45) is 5.92 Å². The molecule has 0 spiro atoms. The molecule has 1 aromatic heterocycles. The van der Waals surface area contributed by atoms with Crippen molar-refractivity contribution < 1.29 is 9.53 Å². The first-order valence-corrected chi connectivity index (χ1v) is 8.32. The van der Waals surface area contributed by atoms with Crippen LogP contribution < -0.4 is 10.1 Å². The lowest BCUT2D eigenvalue weighted by molar-refractivity contribution is -0.120. The van der Waals surface area contributed by atoms with E-state index in [4.69, 9.17) is 16.3 Å². The Hall–Kier alpha value is -1.33. The third kappa shape index (κ3) is 2.99. The number of hydrogen-bond acceptors (Lipinski definition) is 4. The van der Waals surface area contributed by atoms with Crippen LogP contribution in [-0.2, 0) is 4.79 Å².